The molecule has 1 aromatic carbocycles. The van der Waals surface area contributed by atoms with E-state index in [-0.39, 0.29) is 6.42 Å². The number of hydrogen-bond acceptors (Lipinski definition) is 4. The third kappa shape index (κ3) is 4.42. The van der Waals surface area contributed by atoms with Gasteiger partial charge in [-0.3, -0.25) is 4.79 Å². The van der Waals surface area contributed by atoms with E-state index in [0.717, 1.165) is 9.37 Å². The summed E-state index contributed by atoms with van der Waals surface area (Å²) in [6, 6.07) is 5.43. The van der Waals surface area contributed by atoms with E-state index in [9.17, 15) is 9.90 Å². The number of hydrogen-bond donors (Lipinski definition) is 3. The van der Waals surface area contributed by atoms with E-state index >= 15 is 0 Å². The molecule has 1 atom stereocenters. The second-order valence-electron chi connectivity index (χ2n) is 3.24. The van der Waals surface area contributed by atoms with Crippen LogP contribution in [0.15, 0.2) is 27.6 Å². The maximum atomic E-state index is 10.3. The molecule has 0 saturated carbocycles. The lowest BCUT2D eigenvalue weighted by molar-refractivity contribution is -0.138. The molecular weight excluding hydrogens is 294 g/mol. The van der Waals surface area contributed by atoms with E-state index in [0.29, 0.717) is 11.4 Å². The molecular formula is C10H12BrNO3S. The molecule has 4 nitrogen and oxygen atoms in total. The summed E-state index contributed by atoms with van der Waals surface area (Å²) in [7, 11) is 0. The van der Waals surface area contributed by atoms with E-state index in [2.05, 4.69) is 15.9 Å². The Morgan fingerprint density at radius 2 is 2.25 bits per heavy atom. The quantitative estimate of drug-likeness (QED) is 0.572. The zero-order valence-corrected chi connectivity index (χ0v) is 10.8. The highest BCUT2D eigenvalue weighted by atomic mass is 79.9. The van der Waals surface area contributed by atoms with Crippen molar-refractivity contribution in [3.8, 4) is 0 Å². The molecule has 0 aliphatic heterocycles. The highest BCUT2D eigenvalue weighted by Gasteiger charge is 2.11. The van der Waals surface area contributed by atoms with Gasteiger partial charge < -0.3 is 15.9 Å². The van der Waals surface area contributed by atoms with E-state index in [4.69, 9.17) is 10.8 Å². The third-order valence-electron chi connectivity index (χ3n) is 1.82. The number of thioether (sulfide) groups is 1. The van der Waals surface area contributed by atoms with Crippen LogP contribution in [0.2, 0.25) is 0 Å². The van der Waals surface area contributed by atoms with Gasteiger partial charge >= 0.3 is 5.97 Å². The smallest absolute Gasteiger partial charge is 0.306 e. The Hall–Kier alpha value is -0.720. The number of carboxylic acids is 1. The molecule has 1 rings (SSSR count). The summed E-state index contributed by atoms with van der Waals surface area (Å²) in [6.45, 7) is 0. The highest BCUT2D eigenvalue weighted by Crippen LogP contribution is 2.28. The average Bonchev–Trinajstić information content (AvgIpc) is 2.18. The molecule has 0 aliphatic rings. The summed E-state index contributed by atoms with van der Waals surface area (Å²) in [5.41, 5.74) is 6.36. The zero-order chi connectivity index (χ0) is 12.1. The lowest BCUT2D eigenvalue weighted by atomic mass is 10.3. The molecule has 0 amide bonds. The van der Waals surface area contributed by atoms with Gasteiger partial charge in [0.2, 0.25) is 0 Å². The minimum Gasteiger partial charge on any atom is -0.481 e. The van der Waals surface area contributed by atoms with Crippen LogP contribution in [0.4, 0.5) is 5.69 Å². The minimum atomic E-state index is -1.00. The Labute approximate surface area is 106 Å². The van der Waals surface area contributed by atoms with E-state index in [1.165, 1.54) is 11.8 Å². The third-order valence-corrected chi connectivity index (χ3v) is 3.53. The largest absolute Gasteiger partial charge is 0.481 e. The fraction of sp³-hybridized carbons (Fsp3) is 0.300. The van der Waals surface area contributed by atoms with Crippen LogP contribution in [-0.2, 0) is 4.79 Å². The molecule has 1 aromatic rings. The van der Waals surface area contributed by atoms with Crippen LogP contribution >= 0.6 is 27.7 Å². The summed E-state index contributed by atoms with van der Waals surface area (Å²) in [5, 5.41) is 17.9. The summed E-state index contributed by atoms with van der Waals surface area (Å²) in [4.78, 5) is 11.2. The maximum absolute atomic E-state index is 10.3. The first-order chi connectivity index (χ1) is 7.49. The fourth-order valence-corrected chi connectivity index (χ4v) is 2.53. The topological polar surface area (TPSA) is 83.5 Å². The summed E-state index contributed by atoms with van der Waals surface area (Å²) in [6.07, 6.45) is -1.11. The van der Waals surface area contributed by atoms with Crippen LogP contribution in [-0.4, -0.2) is 28.0 Å². The molecule has 4 N–H and O–H groups in total. The number of nitrogen functional groups attached to an aromatic ring is 1. The van der Waals surface area contributed by atoms with Gasteiger partial charge in [0.15, 0.2) is 0 Å². The Balaban J connectivity index is 2.54. The van der Waals surface area contributed by atoms with Crippen molar-refractivity contribution in [1.29, 1.82) is 0 Å². The molecule has 16 heavy (non-hydrogen) atoms. The van der Waals surface area contributed by atoms with Crippen LogP contribution in [0.5, 0.6) is 0 Å². The highest BCUT2D eigenvalue weighted by molar-refractivity contribution is 9.10. The first kappa shape index (κ1) is 13.3. The molecule has 0 aliphatic carbocycles. The lowest BCUT2D eigenvalue weighted by Crippen LogP contribution is -2.15. The number of aliphatic hydroxyl groups is 1. The van der Waals surface area contributed by atoms with Crippen molar-refractivity contribution in [3.05, 3.63) is 22.7 Å². The van der Waals surface area contributed by atoms with Gasteiger partial charge in [0, 0.05) is 20.8 Å². The molecule has 0 aromatic heterocycles. The second kappa shape index (κ2) is 6.12. The number of carboxylic acid groups (broad SMARTS) is 1. The molecule has 0 spiro atoms. The first-order valence-corrected chi connectivity index (χ1v) is 6.34. The molecule has 88 valence electrons. The second-order valence-corrected chi connectivity index (χ2v) is 5.22. The molecule has 0 fully saturated rings. The van der Waals surface area contributed by atoms with E-state index < -0.39 is 12.1 Å². The lowest BCUT2D eigenvalue weighted by Gasteiger charge is -2.09. The average molecular weight is 306 g/mol. The van der Waals surface area contributed by atoms with Crippen molar-refractivity contribution >= 4 is 39.3 Å². The monoisotopic (exact) mass is 305 g/mol. The van der Waals surface area contributed by atoms with E-state index in [1.54, 1.807) is 6.07 Å². The molecule has 0 radical (unpaired) electrons. The van der Waals surface area contributed by atoms with Crippen molar-refractivity contribution in [1.82, 2.24) is 0 Å². The van der Waals surface area contributed by atoms with Gasteiger partial charge in [-0.1, -0.05) is 15.9 Å². The SMILES string of the molecule is Nc1ccc(Br)cc1SCC(O)CC(=O)O. The Morgan fingerprint density at radius 3 is 2.88 bits per heavy atom. The molecule has 0 saturated heterocycles. The standard InChI is InChI=1S/C10H12BrNO3S/c11-6-1-2-8(12)9(3-6)16-5-7(13)4-10(14)15/h1-3,7,13H,4-5,12H2,(H,14,15). The van der Waals surface area contributed by atoms with E-state index in [1.807, 2.05) is 12.1 Å². The number of anilines is 1. The molecule has 6 heteroatoms. The molecule has 1 unspecified atom stereocenters. The van der Waals surface area contributed by atoms with Gasteiger partial charge in [0.05, 0.1) is 12.5 Å². The Bertz CT molecular complexity index is 386. The number of aliphatic hydroxyl groups excluding tert-OH is 1. The number of nitrogens with two attached hydrogens (primary N) is 1. The number of halogens is 1. The van der Waals surface area contributed by atoms with Gasteiger partial charge in [-0.15, -0.1) is 11.8 Å². The first-order valence-electron chi connectivity index (χ1n) is 4.56. The van der Waals surface area contributed by atoms with Gasteiger partial charge in [-0.05, 0) is 18.2 Å². The van der Waals surface area contributed by atoms with Crippen molar-refractivity contribution < 1.29 is 15.0 Å². The summed E-state index contributed by atoms with van der Waals surface area (Å²) >= 11 is 4.66. The Morgan fingerprint density at radius 1 is 1.56 bits per heavy atom. The van der Waals surface area contributed by atoms with Crippen LogP contribution < -0.4 is 5.73 Å². The van der Waals surface area contributed by atoms with Gasteiger partial charge in [0.25, 0.3) is 0 Å². The van der Waals surface area contributed by atoms with Gasteiger partial charge in [-0.2, -0.15) is 0 Å². The van der Waals surface area contributed by atoms with Crippen molar-refractivity contribution in [2.24, 2.45) is 0 Å². The van der Waals surface area contributed by atoms with Crippen molar-refractivity contribution in [2.45, 2.75) is 17.4 Å². The number of rotatable bonds is 5. The maximum Gasteiger partial charge on any atom is 0.306 e. The van der Waals surface area contributed by atoms with Gasteiger partial charge in [0.1, 0.15) is 0 Å². The van der Waals surface area contributed by atoms with Crippen LogP contribution in [0, 0.1) is 0 Å². The summed E-state index contributed by atoms with van der Waals surface area (Å²) < 4.78 is 0.900. The normalized spacial score (nSPS) is 12.4. The Kier molecular flexibility index (Phi) is 5.11. The van der Waals surface area contributed by atoms with Crippen molar-refractivity contribution in [2.75, 3.05) is 11.5 Å². The van der Waals surface area contributed by atoms with Crippen molar-refractivity contribution in [3.63, 3.8) is 0 Å². The fourth-order valence-electron chi connectivity index (χ4n) is 1.08. The minimum absolute atomic E-state index is 0.249. The molecule has 0 heterocycles. The number of aliphatic carboxylic acids is 1. The zero-order valence-electron chi connectivity index (χ0n) is 8.39. The number of benzene rings is 1. The van der Waals surface area contributed by atoms with Crippen LogP contribution in [0.1, 0.15) is 6.42 Å². The number of carbonyl (C=O) groups is 1. The van der Waals surface area contributed by atoms with Crippen LogP contribution in [0.3, 0.4) is 0 Å². The van der Waals surface area contributed by atoms with Gasteiger partial charge in [-0.25, -0.2) is 0 Å². The predicted molar refractivity (Wildman–Crippen MR) is 67.5 cm³/mol. The molecule has 0 bridgehead atoms. The van der Waals surface area contributed by atoms with Crippen LogP contribution in [0.25, 0.3) is 0 Å². The predicted octanol–water partition coefficient (Wildman–Crippen LogP) is 1.96. The summed E-state index contributed by atoms with van der Waals surface area (Å²) in [5.74, 6) is -0.692.